The highest BCUT2D eigenvalue weighted by Gasteiger charge is 2.08. The molecule has 3 nitrogen and oxygen atoms in total. The first-order valence-corrected chi connectivity index (χ1v) is 7.19. The van der Waals surface area contributed by atoms with Crippen LogP contribution in [0.15, 0.2) is 28.7 Å². The lowest BCUT2D eigenvalue weighted by atomic mass is 10.0. The SMILES string of the molecule is CCN(CCOC)CCC(N)c1ccc(Br)cc1. The molecule has 102 valence electrons. The third-order valence-corrected chi connectivity index (χ3v) is 3.64. The minimum Gasteiger partial charge on any atom is -0.383 e. The van der Waals surface area contributed by atoms with Gasteiger partial charge in [-0.2, -0.15) is 0 Å². The molecule has 1 rings (SSSR count). The molecule has 0 aliphatic carbocycles. The summed E-state index contributed by atoms with van der Waals surface area (Å²) < 4.78 is 6.19. The average molecular weight is 315 g/mol. The zero-order valence-electron chi connectivity index (χ0n) is 11.2. The van der Waals surface area contributed by atoms with Crippen LogP contribution >= 0.6 is 15.9 Å². The van der Waals surface area contributed by atoms with Crippen LogP contribution in [0.25, 0.3) is 0 Å². The molecule has 2 N–H and O–H groups in total. The van der Waals surface area contributed by atoms with Crippen LogP contribution in [0.2, 0.25) is 0 Å². The first-order valence-electron chi connectivity index (χ1n) is 6.39. The van der Waals surface area contributed by atoms with Crippen molar-refractivity contribution >= 4 is 15.9 Å². The summed E-state index contributed by atoms with van der Waals surface area (Å²) in [5.74, 6) is 0. The fraction of sp³-hybridized carbons (Fsp3) is 0.571. The summed E-state index contributed by atoms with van der Waals surface area (Å²) in [5.41, 5.74) is 7.40. The Morgan fingerprint density at radius 2 is 1.94 bits per heavy atom. The minimum atomic E-state index is 0.106. The quantitative estimate of drug-likeness (QED) is 0.802. The third-order valence-electron chi connectivity index (χ3n) is 3.11. The van der Waals surface area contributed by atoms with Gasteiger partial charge in [0.25, 0.3) is 0 Å². The molecule has 0 fully saturated rings. The van der Waals surface area contributed by atoms with Crippen LogP contribution in [0.3, 0.4) is 0 Å². The maximum absolute atomic E-state index is 6.20. The summed E-state index contributed by atoms with van der Waals surface area (Å²) in [4.78, 5) is 2.36. The zero-order valence-corrected chi connectivity index (χ0v) is 12.8. The van der Waals surface area contributed by atoms with Crippen molar-refractivity contribution < 1.29 is 4.74 Å². The van der Waals surface area contributed by atoms with E-state index < -0.39 is 0 Å². The smallest absolute Gasteiger partial charge is 0.0589 e. The van der Waals surface area contributed by atoms with Crippen LogP contribution in [-0.4, -0.2) is 38.3 Å². The first kappa shape index (κ1) is 15.6. The monoisotopic (exact) mass is 314 g/mol. The molecule has 0 saturated carbocycles. The summed E-state index contributed by atoms with van der Waals surface area (Å²) >= 11 is 3.43. The average Bonchev–Trinajstić information content (AvgIpc) is 2.39. The van der Waals surface area contributed by atoms with Gasteiger partial charge in [0, 0.05) is 30.7 Å². The Hall–Kier alpha value is -0.420. The summed E-state index contributed by atoms with van der Waals surface area (Å²) in [7, 11) is 1.74. The number of benzene rings is 1. The molecule has 1 atom stereocenters. The van der Waals surface area contributed by atoms with Crippen LogP contribution < -0.4 is 5.73 Å². The number of halogens is 1. The lowest BCUT2D eigenvalue weighted by molar-refractivity contribution is 0.149. The standard InChI is InChI=1S/C14H23BrN2O/c1-3-17(10-11-18-2)9-8-14(16)12-4-6-13(15)7-5-12/h4-7,14H,3,8-11,16H2,1-2H3. The molecule has 0 aliphatic heterocycles. The molecule has 0 spiro atoms. The van der Waals surface area contributed by atoms with Gasteiger partial charge in [-0.1, -0.05) is 35.0 Å². The number of ether oxygens (including phenoxy) is 1. The molecular weight excluding hydrogens is 292 g/mol. The molecule has 18 heavy (non-hydrogen) atoms. The summed E-state index contributed by atoms with van der Waals surface area (Å²) in [6, 6.07) is 8.35. The Morgan fingerprint density at radius 1 is 1.28 bits per heavy atom. The van der Waals surface area contributed by atoms with Gasteiger partial charge >= 0.3 is 0 Å². The number of rotatable bonds is 8. The fourth-order valence-electron chi connectivity index (χ4n) is 1.85. The second kappa shape index (κ2) is 8.64. The molecule has 1 aromatic carbocycles. The lowest BCUT2D eigenvalue weighted by Gasteiger charge is -2.22. The highest BCUT2D eigenvalue weighted by Crippen LogP contribution is 2.17. The highest BCUT2D eigenvalue weighted by atomic mass is 79.9. The number of methoxy groups -OCH3 is 1. The van der Waals surface area contributed by atoms with Crippen LogP contribution in [-0.2, 0) is 4.74 Å². The van der Waals surface area contributed by atoms with Gasteiger partial charge in [0.05, 0.1) is 6.61 Å². The van der Waals surface area contributed by atoms with Gasteiger partial charge < -0.3 is 15.4 Å². The Kier molecular flexibility index (Phi) is 7.51. The molecule has 0 aliphatic rings. The van der Waals surface area contributed by atoms with Crippen molar-refractivity contribution in [1.29, 1.82) is 0 Å². The first-order chi connectivity index (χ1) is 8.67. The number of likely N-dealkylation sites (N-methyl/N-ethyl adjacent to an activating group) is 1. The van der Waals surface area contributed by atoms with Crippen molar-refractivity contribution in [2.45, 2.75) is 19.4 Å². The molecule has 0 aromatic heterocycles. The van der Waals surface area contributed by atoms with E-state index >= 15 is 0 Å². The van der Waals surface area contributed by atoms with Crippen molar-refractivity contribution in [2.24, 2.45) is 5.73 Å². The van der Waals surface area contributed by atoms with Gasteiger partial charge in [-0.3, -0.25) is 0 Å². The van der Waals surface area contributed by atoms with E-state index in [1.807, 2.05) is 12.1 Å². The van der Waals surface area contributed by atoms with Crippen LogP contribution in [0.5, 0.6) is 0 Å². The van der Waals surface area contributed by atoms with E-state index in [1.165, 1.54) is 5.56 Å². The largest absolute Gasteiger partial charge is 0.383 e. The summed E-state index contributed by atoms with van der Waals surface area (Å²) in [6.07, 6.45) is 0.971. The molecule has 1 unspecified atom stereocenters. The van der Waals surface area contributed by atoms with Crippen molar-refractivity contribution in [3.8, 4) is 0 Å². The second-order valence-electron chi connectivity index (χ2n) is 4.37. The predicted octanol–water partition coefficient (Wildman–Crippen LogP) is 2.81. The summed E-state index contributed by atoms with van der Waals surface area (Å²) in [5, 5.41) is 0. The number of nitrogens with two attached hydrogens (primary N) is 1. The van der Waals surface area contributed by atoms with E-state index in [1.54, 1.807) is 7.11 Å². The van der Waals surface area contributed by atoms with Crippen molar-refractivity contribution in [2.75, 3.05) is 33.4 Å². The van der Waals surface area contributed by atoms with Crippen LogP contribution in [0.1, 0.15) is 24.9 Å². The molecule has 0 amide bonds. The van der Waals surface area contributed by atoms with E-state index in [4.69, 9.17) is 10.5 Å². The number of nitrogens with zero attached hydrogens (tertiary/aromatic N) is 1. The van der Waals surface area contributed by atoms with E-state index in [-0.39, 0.29) is 6.04 Å². The van der Waals surface area contributed by atoms with Gasteiger partial charge in [0.2, 0.25) is 0 Å². The molecule has 0 radical (unpaired) electrons. The molecule has 0 bridgehead atoms. The maximum atomic E-state index is 6.20. The van der Waals surface area contributed by atoms with Crippen molar-refractivity contribution in [3.63, 3.8) is 0 Å². The fourth-order valence-corrected chi connectivity index (χ4v) is 2.11. The predicted molar refractivity (Wildman–Crippen MR) is 79.7 cm³/mol. The maximum Gasteiger partial charge on any atom is 0.0589 e. The van der Waals surface area contributed by atoms with E-state index in [2.05, 4.69) is 39.9 Å². The molecule has 0 heterocycles. The molecule has 0 saturated heterocycles. The molecular formula is C14H23BrN2O. The minimum absolute atomic E-state index is 0.106. The zero-order chi connectivity index (χ0) is 13.4. The van der Waals surface area contributed by atoms with Gasteiger partial charge in [-0.05, 0) is 30.7 Å². The Labute approximate surface area is 118 Å². The lowest BCUT2D eigenvalue weighted by Crippen LogP contribution is -2.30. The number of hydrogen-bond acceptors (Lipinski definition) is 3. The third kappa shape index (κ3) is 5.48. The van der Waals surface area contributed by atoms with E-state index in [0.717, 1.165) is 37.1 Å². The second-order valence-corrected chi connectivity index (χ2v) is 5.29. The highest BCUT2D eigenvalue weighted by molar-refractivity contribution is 9.10. The van der Waals surface area contributed by atoms with E-state index in [9.17, 15) is 0 Å². The van der Waals surface area contributed by atoms with Gasteiger partial charge in [-0.25, -0.2) is 0 Å². The van der Waals surface area contributed by atoms with E-state index in [0.29, 0.717) is 0 Å². The van der Waals surface area contributed by atoms with Crippen LogP contribution in [0, 0.1) is 0 Å². The van der Waals surface area contributed by atoms with Crippen molar-refractivity contribution in [3.05, 3.63) is 34.3 Å². The normalized spacial score (nSPS) is 12.9. The van der Waals surface area contributed by atoms with Gasteiger partial charge in [0.15, 0.2) is 0 Å². The molecule has 4 heteroatoms. The topological polar surface area (TPSA) is 38.5 Å². The van der Waals surface area contributed by atoms with Crippen molar-refractivity contribution in [1.82, 2.24) is 4.90 Å². The van der Waals surface area contributed by atoms with Crippen LogP contribution in [0.4, 0.5) is 0 Å². The summed E-state index contributed by atoms with van der Waals surface area (Å²) in [6.45, 7) is 5.97. The Balaban J connectivity index is 2.39. The Morgan fingerprint density at radius 3 is 2.50 bits per heavy atom. The number of hydrogen-bond donors (Lipinski definition) is 1. The van der Waals surface area contributed by atoms with Gasteiger partial charge in [0.1, 0.15) is 0 Å². The van der Waals surface area contributed by atoms with Gasteiger partial charge in [-0.15, -0.1) is 0 Å². The molecule has 1 aromatic rings. The Bertz CT molecular complexity index is 329.